The monoisotopic (exact) mass is 130 g/mol. The highest BCUT2D eigenvalue weighted by Crippen LogP contribution is 2.05. The molecular weight excluding hydrogens is 116 g/mol. The summed E-state index contributed by atoms with van der Waals surface area (Å²) in [6.07, 6.45) is 1.53. The number of hydrogen-bond acceptors (Lipinski definition) is 2. The Labute approximate surface area is 55.9 Å². The van der Waals surface area contributed by atoms with Gasteiger partial charge in [-0.3, -0.25) is 4.79 Å². The van der Waals surface area contributed by atoms with Crippen LogP contribution in [0.15, 0.2) is 0 Å². The molecule has 0 amide bonds. The van der Waals surface area contributed by atoms with Crippen LogP contribution in [0.1, 0.15) is 26.7 Å². The highest BCUT2D eigenvalue weighted by Gasteiger charge is 2.04. The second-order valence-corrected chi connectivity index (χ2v) is 2.41. The summed E-state index contributed by atoms with van der Waals surface area (Å²) in [5.41, 5.74) is 0. The van der Waals surface area contributed by atoms with E-state index >= 15 is 0 Å². The first-order valence-corrected chi connectivity index (χ1v) is 3.33. The van der Waals surface area contributed by atoms with Crippen molar-refractivity contribution in [3.8, 4) is 0 Å². The van der Waals surface area contributed by atoms with Crippen molar-refractivity contribution in [3.63, 3.8) is 0 Å². The smallest absolute Gasteiger partial charge is 0.158 e. The molecule has 0 aliphatic heterocycles. The molecule has 1 N–H and O–H groups in total. The highest BCUT2D eigenvalue weighted by atomic mass is 16.3. The van der Waals surface area contributed by atoms with Gasteiger partial charge in [-0.1, -0.05) is 20.3 Å². The van der Waals surface area contributed by atoms with Gasteiger partial charge in [0.1, 0.15) is 6.61 Å². The maximum Gasteiger partial charge on any atom is 0.158 e. The van der Waals surface area contributed by atoms with Crippen LogP contribution in [0.4, 0.5) is 0 Å². The molecule has 0 spiro atoms. The zero-order valence-corrected chi connectivity index (χ0v) is 6.05. The van der Waals surface area contributed by atoms with E-state index in [0.717, 1.165) is 6.42 Å². The van der Waals surface area contributed by atoms with Gasteiger partial charge in [0, 0.05) is 6.42 Å². The van der Waals surface area contributed by atoms with E-state index in [1.165, 1.54) is 0 Å². The van der Waals surface area contributed by atoms with Gasteiger partial charge in [0.05, 0.1) is 0 Å². The number of Topliss-reactive ketones (excluding diaryl/α,β-unsaturated/α-hetero) is 1. The molecule has 0 aliphatic carbocycles. The van der Waals surface area contributed by atoms with Crippen LogP contribution in [0.5, 0.6) is 0 Å². The Balaban J connectivity index is 3.34. The number of rotatable bonds is 4. The summed E-state index contributed by atoms with van der Waals surface area (Å²) < 4.78 is 0. The summed E-state index contributed by atoms with van der Waals surface area (Å²) in [6.45, 7) is 3.74. The average molecular weight is 130 g/mol. The lowest BCUT2D eigenvalue weighted by molar-refractivity contribution is -0.122. The maximum atomic E-state index is 10.5. The Bertz CT molecular complexity index is 88.9. The summed E-state index contributed by atoms with van der Waals surface area (Å²) in [7, 11) is 0. The Kier molecular flexibility index (Phi) is 4.32. The number of aliphatic hydroxyl groups excluding tert-OH is 1. The predicted molar refractivity (Wildman–Crippen MR) is 36.2 cm³/mol. The van der Waals surface area contributed by atoms with E-state index in [0.29, 0.717) is 12.3 Å². The van der Waals surface area contributed by atoms with Crippen molar-refractivity contribution in [3.05, 3.63) is 0 Å². The van der Waals surface area contributed by atoms with Gasteiger partial charge >= 0.3 is 0 Å². The Hall–Kier alpha value is -0.370. The van der Waals surface area contributed by atoms with E-state index in [9.17, 15) is 4.79 Å². The van der Waals surface area contributed by atoms with E-state index in [-0.39, 0.29) is 12.4 Å². The van der Waals surface area contributed by atoms with Crippen molar-refractivity contribution in [2.24, 2.45) is 5.92 Å². The molecule has 0 aromatic heterocycles. The Morgan fingerprint density at radius 3 is 2.56 bits per heavy atom. The van der Waals surface area contributed by atoms with Gasteiger partial charge in [0.15, 0.2) is 5.78 Å². The van der Waals surface area contributed by atoms with Gasteiger partial charge in [-0.05, 0) is 5.92 Å². The van der Waals surface area contributed by atoms with Crippen LogP contribution < -0.4 is 0 Å². The minimum absolute atomic E-state index is 0.0515. The molecule has 0 heterocycles. The molecule has 2 heteroatoms. The van der Waals surface area contributed by atoms with Gasteiger partial charge in [0.2, 0.25) is 0 Å². The molecule has 0 rings (SSSR count). The van der Waals surface area contributed by atoms with Crippen molar-refractivity contribution >= 4 is 5.78 Å². The second-order valence-electron chi connectivity index (χ2n) is 2.41. The fourth-order valence-electron chi connectivity index (χ4n) is 0.598. The van der Waals surface area contributed by atoms with E-state index in [1.807, 2.05) is 13.8 Å². The maximum absolute atomic E-state index is 10.5. The number of carbonyl (C=O) groups is 1. The summed E-state index contributed by atoms with van der Waals surface area (Å²) in [5, 5.41) is 8.33. The molecule has 0 aromatic rings. The zero-order chi connectivity index (χ0) is 7.28. The molecule has 0 aromatic carbocycles. The lowest BCUT2D eigenvalue weighted by atomic mass is 10.0. The SMILES string of the molecule is CCC(C)CC(=O)CO. The average Bonchev–Trinajstić information content (AvgIpc) is 1.87. The minimum Gasteiger partial charge on any atom is -0.389 e. The largest absolute Gasteiger partial charge is 0.389 e. The molecule has 1 atom stereocenters. The normalized spacial score (nSPS) is 13.2. The fourth-order valence-corrected chi connectivity index (χ4v) is 0.598. The van der Waals surface area contributed by atoms with Crippen LogP contribution in [0.25, 0.3) is 0 Å². The molecule has 0 aliphatic rings. The molecule has 0 bridgehead atoms. The van der Waals surface area contributed by atoms with E-state index in [2.05, 4.69) is 0 Å². The number of hydrogen-bond donors (Lipinski definition) is 1. The summed E-state index contributed by atoms with van der Waals surface area (Å²) >= 11 is 0. The van der Waals surface area contributed by atoms with E-state index in [4.69, 9.17) is 5.11 Å². The van der Waals surface area contributed by atoms with Crippen molar-refractivity contribution in [1.82, 2.24) is 0 Å². The summed E-state index contributed by atoms with van der Waals surface area (Å²) in [4.78, 5) is 10.5. The highest BCUT2D eigenvalue weighted by molar-refractivity contribution is 5.79. The van der Waals surface area contributed by atoms with Gasteiger partial charge in [-0.15, -0.1) is 0 Å². The topological polar surface area (TPSA) is 37.3 Å². The first-order valence-electron chi connectivity index (χ1n) is 3.33. The van der Waals surface area contributed by atoms with Crippen molar-refractivity contribution in [1.29, 1.82) is 0 Å². The Morgan fingerprint density at radius 2 is 2.22 bits per heavy atom. The van der Waals surface area contributed by atoms with Crippen LogP contribution >= 0.6 is 0 Å². The Morgan fingerprint density at radius 1 is 1.67 bits per heavy atom. The van der Waals surface area contributed by atoms with Crippen molar-refractivity contribution < 1.29 is 9.90 Å². The van der Waals surface area contributed by atoms with Crippen LogP contribution in [-0.2, 0) is 4.79 Å². The van der Waals surface area contributed by atoms with Crippen LogP contribution in [-0.4, -0.2) is 17.5 Å². The second kappa shape index (κ2) is 4.50. The molecule has 0 radical (unpaired) electrons. The lowest BCUT2D eigenvalue weighted by Gasteiger charge is -2.03. The standard InChI is InChI=1S/C7H14O2/c1-3-6(2)4-7(9)5-8/h6,8H,3-5H2,1-2H3. The van der Waals surface area contributed by atoms with E-state index in [1.54, 1.807) is 0 Å². The van der Waals surface area contributed by atoms with Crippen molar-refractivity contribution in [2.45, 2.75) is 26.7 Å². The number of ketones is 1. The van der Waals surface area contributed by atoms with Gasteiger partial charge in [0.25, 0.3) is 0 Å². The molecular formula is C7H14O2. The van der Waals surface area contributed by atoms with Crippen LogP contribution in [0.2, 0.25) is 0 Å². The zero-order valence-electron chi connectivity index (χ0n) is 6.05. The van der Waals surface area contributed by atoms with Gasteiger partial charge in [-0.25, -0.2) is 0 Å². The quantitative estimate of drug-likeness (QED) is 0.616. The fraction of sp³-hybridized carbons (Fsp3) is 0.857. The van der Waals surface area contributed by atoms with Crippen LogP contribution in [0, 0.1) is 5.92 Å². The lowest BCUT2D eigenvalue weighted by Crippen LogP contribution is -2.08. The molecule has 1 unspecified atom stereocenters. The third-order valence-electron chi connectivity index (χ3n) is 1.45. The molecule has 54 valence electrons. The van der Waals surface area contributed by atoms with Crippen molar-refractivity contribution in [2.75, 3.05) is 6.61 Å². The van der Waals surface area contributed by atoms with Gasteiger partial charge in [-0.2, -0.15) is 0 Å². The van der Waals surface area contributed by atoms with Crippen LogP contribution in [0.3, 0.4) is 0 Å². The molecule has 0 saturated heterocycles. The predicted octanol–water partition coefficient (Wildman–Crippen LogP) is 0.984. The number of aliphatic hydroxyl groups is 1. The van der Waals surface area contributed by atoms with E-state index < -0.39 is 0 Å². The third-order valence-corrected chi connectivity index (χ3v) is 1.45. The molecule has 0 fully saturated rings. The molecule has 9 heavy (non-hydrogen) atoms. The summed E-state index contributed by atoms with van der Waals surface area (Å²) in [5.74, 6) is 0.369. The number of carbonyl (C=O) groups excluding carboxylic acids is 1. The summed E-state index contributed by atoms with van der Waals surface area (Å²) in [6, 6.07) is 0. The van der Waals surface area contributed by atoms with Gasteiger partial charge < -0.3 is 5.11 Å². The minimum atomic E-state index is -0.301. The first kappa shape index (κ1) is 8.63. The molecule has 0 saturated carbocycles. The molecule has 2 nitrogen and oxygen atoms in total. The first-order chi connectivity index (χ1) is 4.20. The third kappa shape index (κ3) is 4.15.